The van der Waals surface area contributed by atoms with Gasteiger partial charge in [-0.3, -0.25) is 9.59 Å². The lowest BCUT2D eigenvalue weighted by molar-refractivity contribution is -0.134. The van der Waals surface area contributed by atoms with E-state index in [1.165, 1.54) is 5.56 Å². The summed E-state index contributed by atoms with van der Waals surface area (Å²) in [7, 11) is 0. The van der Waals surface area contributed by atoms with Gasteiger partial charge in [-0.15, -0.1) is 0 Å². The highest BCUT2D eigenvalue weighted by Gasteiger charge is 2.44. The number of hydrogen-bond donors (Lipinski definition) is 1. The molecular formula is C28H32N4O3. The Labute approximate surface area is 205 Å². The number of likely N-dealkylation sites (tertiary alicyclic amines) is 2. The standard InChI is InChI=1S/C28H32N4O3/c1-18(29)26-30-25(19(2)35-26)28(34)32-17-23(21-11-7-4-8-12-21)15-24(32)27(33)31-14-13-22(16-31)20-9-5-3-6-10-20/h3-12,18,22-24H,13-17,29H2,1-2H3. The van der Waals surface area contributed by atoms with Crippen LogP contribution in [0.2, 0.25) is 0 Å². The molecule has 2 N–H and O–H groups in total. The van der Waals surface area contributed by atoms with Crippen molar-refractivity contribution >= 4 is 11.8 Å². The largest absolute Gasteiger partial charge is 0.443 e. The first-order valence-electron chi connectivity index (χ1n) is 12.3. The molecule has 2 aromatic carbocycles. The van der Waals surface area contributed by atoms with Gasteiger partial charge in [0, 0.05) is 31.5 Å². The van der Waals surface area contributed by atoms with Gasteiger partial charge in [-0.1, -0.05) is 60.7 Å². The Morgan fingerprint density at radius 2 is 1.63 bits per heavy atom. The predicted octanol–water partition coefficient (Wildman–Crippen LogP) is 4.02. The van der Waals surface area contributed by atoms with E-state index < -0.39 is 12.1 Å². The summed E-state index contributed by atoms with van der Waals surface area (Å²) in [6.45, 7) is 5.33. The zero-order valence-corrected chi connectivity index (χ0v) is 20.3. The second kappa shape index (κ2) is 9.66. The zero-order valence-electron chi connectivity index (χ0n) is 20.3. The van der Waals surface area contributed by atoms with Crippen molar-refractivity contribution in [3.8, 4) is 0 Å². The molecule has 182 valence electrons. The zero-order chi connectivity index (χ0) is 24.5. The van der Waals surface area contributed by atoms with Crippen molar-refractivity contribution in [2.75, 3.05) is 19.6 Å². The highest BCUT2D eigenvalue weighted by Crippen LogP contribution is 2.36. The summed E-state index contributed by atoms with van der Waals surface area (Å²) < 4.78 is 5.65. The van der Waals surface area contributed by atoms with E-state index in [1.54, 1.807) is 18.7 Å². The number of aryl methyl sites for hydroxylation is 1. The number of amides is 2. The van der Waals surface area contributed by atoms with E-state index in [9.17, 15) is 9.59 Å². The first kappa shape index (κ1) is 23.3. The van der Waals surface area contributed by atoms with E-state index >= 15 is 0 Å². The van der Waals surface area contributed by atoms with Gasteiger partial charge in [0.1, 0.15) is 11.8 Å². The molecule has 3 aromatic rings. The lowest BCUT2D eigenvalue weighted by Gasteiger charge is -2.27. The number of benzene rings is 2. The van der Waals surface area contributed by atoms with Gasteiger partial charge >= 0.3 is 0 Å². The summed E-state index contributed by atoms with van der Waals surface area (Å²) in [5, 5.41) is 0. The fourth-order valence-corrected chi connectivity index (χ4v) is 5.38. The van der Waals surface area contributed by atoms with Crippen LogP contribution in [0, 0.1) is 6.92 Å². The second-order valence-corrected chi connectivity index (χ2v) is 9.74. The Morgan fingerprint density at radius 3 is 2.23 bits per heavy atom. The molecule has 4 atom stereocenters. The third-order valence-corrected chi connectivity index (χ3v) is 7.29. The van der Waals surface area contributed by atoms with Crippen LogP contribution in [-0.2, 0) is 4.79 Å². The number of nitrogens with zero attached hydrogens (tertiary/aromatic N) is 3. The van der Waals surface area contributed by atoms with Crippen LogP contribution in [0.25, 0.3) is 0 Å². The smallest absolute Gasteiger partial charge is 0.276 e. The molecule has 2 aliphatic rings. The van der Waals surface area contributed by atoms with Crippen molar-refractivity contribution in [2.24, 2.45) is 5.73 Å². The molecule has 4 unspecified atom stereocenters. The van der Waals surface area contributed by atoms with Gasteiger partial charge in [0.05, 0.1) is 6.04 Å². The van der Waals surface area contributed by atoms with Crippen LogP contribution in [0.3, 0.4) is 0 Å². The third kappa shape index (κ3) is 4.60. The molecule has 2 fully saturated rings. The minimum absolute atomic E-state index is 0.0174. The Bertz CT molecular complexity index is 1190. The molecular weight excluding hydrogens is 440 g/mol. The Morgan fingerprint density at radius 1 is 1.00 bits per heavy atom. The number of carbonyl (C=O) groups excluding carboxylic acids is 2. The number of aromatic nitrogens is 1. The summed E-state index contributed by atoms with van der Waals surface area (Å²) in [5.41, 5.74) is 8.56. The normalized spacial score (nSPS) is 23.0. The van der Waals surface area contributed by atoms with Crippen molar-refractivity contribution < 1.29 is 14.0 Å². The third-order valence-electron chi connectivity index (χ3n) is 7.29. The quantitative estimate of drug-likeness (QED) is 0.606. The van der Waals surface area contributed by atoms with E-state index in [2.05, 4.69) is 29.2 Å². The van der Waals surface area contributed by atoms with E-state index in [0.717, 1.165) is 12.0 Å². The molecule has 0 radical (unpaired) electrons. The van der Waals surface area contributed by atoms with Crippen LogP contribution < -0.4 is 5.73 Å². The molecule has 3 heterocycles. The number of rotatable bonds is 5. The SMILES string of the molecule is Cc1oc(C(C)N)nc1C(=O)N1CC(c2ccccc2)CC1C(=O)N1CCC(c2ccccc2)C1. The first-order valence-corrected chi connectivity index (χ1v) is 12.3. The van der Waals surface area contributed by atoms with Gasteiger partial charge in [0.2, 0.25) is 11.8 Å². The second-order valence-electron chi connectivity index (χ2n) is 9.74. The summed E-state index contributed by atoms with van der Waals surface area (Å²) in [6.07, 6.45) is 1.52. The van der Waals surface area contributed by atoms with Crippen molar-refractivity contribution in [1.82, 2.24) is 14.8 Å². The average Bonchev–Trinajstić information content (AvgIpc) is 3.63. The van der Waals surface area contributed by atoms with Crippen LogP contribution >= 0.6 is 0 Å². The maximum atomic E-state index is 13.8. The number of hydrogen-bond acceptors (Lipinski definition) is 5. The Balaban J connectivity index is 1.40. The minimum atomic E-state index is -0.530. The number of carbonyl (C=O) groups is 2. The summed E-state index contributed by atoms with van der Waals surface area (Å²) in [5.74, 6) is 0.918. The minimum Gasteiger partial charge on any atom is -0.443 e. The molecule has 7 heteroatoms. The molecule has 2 amide bonds. The van der Waals surface area contributed by atoms with Gasteiger partial charge in [-0.25, -0.2) is 4.98 Å². The monoisotopic (exact) mass is 472 g/mol. The van der Waals surface area contributed by atoms with Gasteiger partial charge in [0.25, 0.3) is 5.91 Å². The Hall–Kier alpha value is -3.45. The molecule has 5 rings (SSSR count). The van der Waals surface area contributed by atoms with Gasteiger partial charge in [-0.05, 0) is 37.8 Å². The van der Waals surface area contributed by atoms with E-state index in [1.807, 2.05) is 41.3 Å². The lowest BCUT2D eigenvalue weighted by Crippen LogP contribution is -2.47. The van der Waals surface area contributed by atoms with Crippen molar-refractivity contribution in [1.29, 1.82) is 0 Å². The van der Waals surface area contributed by atoms with Gasteiger partial charge < -0.3 is 20.0 Å². The molecule has 1 aromatic heterocycles. The van der Waals surface area contributed by atoms with E-state index in [-0.39, 0.29) is 23.4 Å². The maximum Gasteiger partial charge on any atom is 0.276 e. The lowest BCUT2D eigenvalue weighted by atomic mass is 9.96. The maximum absolute atomic E-state index is 13.8. The van der Waals surface area contributed by atoms with E-state index in [0.29, 0.717) is 43.6 Å². The van der Waals surface area contributed by atoms with Crippen LogP contribution in [0.15, 0.2) is 65.1 Å². The molecule has 2 saturated heterocycles. The van der Waals surface area contributed by atoms with Crippen LogP contribution in [0.4, 0.5) is 0 Å². The van der Waals surface area contributed by atoms with Gasteiger partial charge in [0.15, 0.2) is 5.69 Å². The molecule has 2 aliphatic heterocycles. The fourth-order valence-electron chi connectivity index (χ4n) is 5.38. The number of nitrogens with two attached hydrogens (primary N) is 1. The molecule has 35 heavy (non-hydrogen) atoms. The van der Waals surface area contributed by atoms with Crippen LogP contribution in [-0.4, -0.2) is 52.3 Å². The van der Waals surface area contributed by atoms with Crippen LogP contribution in [0.1, 0.15) is 70.9 Å². The topological polar surface area (TPSA) is 92.7 Å². The average molecular weight is 473 g/mol. The van der Waals surface area contributed by atoms with Crippen molar-refractivity contribution in [3.63, 3.8) is 0 Å². The Kier molecular flexibility index (Phi) is 6.43. The predicted molar refractivity (Wildman–Crippen MR) is 133 cm³/mol. The first-order chi connectivity index (χ1) is 16.9. The summed E-state index contributed by atoms with van der Waals surface area (Å²) in [6, 6.07) is 19.5. The fraction of sp³-hybridized carbons (Fsp3) is 0.393. The van der Waals surface area contributed by atoms with Crippen molar-refractivity contribution in [3.05, 3.63) is 89.1 Å². The molecule has 0 bridgehead atoms. The molecule has 0 spiro atoms. The highest BCUT2D eigenvalue weighted by molar-refractivity contribution is 5.97. The summed E-state index contributed by atoms with van der Waals surface area (Å²) in [4.78, 5) is 35.5. The van der Waals surface area contributed by atoms with Crippen LogP contribution in [0.5, 0.6) is 0 Å². The molecule has 0 aliphatic carbocycles. The molecule has 7 nitrogen and oxygen atoms in total. The highest BCUT2D eigenvalue weighted by atomic mass is 16.4. The molecule has 0 saturated carbocycles. The van der Waals surface area contributed by atoms with Gasteiger partial charge in [-0.2, -0.15) is 0 Å². The van der Waals surface area contributed by atoms with Crippen molar-refractivity contribution in [2.45, 2.75) is 50.6 Å². The number of oxazole rings is 1. The van der Waals surface area contributed by atoms with E-state index in [4.69, 9.17) is 10.2 Å². The summed E-state index contributed by atoms with van der Waals surface area (Å²) >= 11 is 0.